The smallest absolute Gasteiger partial charge is 0.0943 e. The van der Waals surface area contributed by atoms with Gasteiger partial charge in [-0.15, -0.1) is 0 Å². The molecule has 0 bridgehead atoms. The van der Waals surface area contributed by atoms with Crippen molar-refractivity contribution in [1.82, 2.24) is 0 Å². The first-order valence-corrected chi connectivity index (χ1v) is 6.40. The predicted molar refractivity (Wildman–Crippen MR) is 66.0 cm³/mol. The van der Waals surface area contributed by atoms with E-state index >= 15 is 0 Å². The Morgan fingerprint density at radius 1 is 0.867 bits per heavy atom. The minimum Gasteiger partial charge on any atom is -0.370 e. The zero-order valence-electron chi connectivity index (χ0n) is 9.95. The molecule has 0 N–H and O–H groups in total. The van der Waals surface area contributed by atoms with Crippen LogP contribution in [0.2, 0.25) is 0 Å². The molecule has 0 fully saturated rings. The van der Waals surface area contributed by atoms with E-state index in [0.29, 0.717) is 0 Å². The van der Waals surface area contributed by atoms with Gasteiger partial charge in [0.1, 0.15) is 0 Å². The summed E-state index contributed by atoms with van der Waals surface area (Å²) in [5, 5.41) is 0. The van der Waals surface area contributed by atoms with E-state index in [1.807, 2.05) is 0 Å². The lowest BCUT2D eigenvalue weighted by Gasteiger charge is -2.07. The Hall–Kier alpha value is -0.560. The molecule has 1 rings (SSSR count). The Balaban J connectivity index is 1.77. The first-order chi connectivity index (χ1) is 7.43. The van der Waals surface area contributed by atoms with Crippen molar-refractivity contribution >= 4 is 0 Å². The van der Waals surface area contributed by atoms with Crippen LogP contribution in [-0.2, 0) is 4.74 Å². The van der Waals surface area contributed by atoms with Gasteiger partial charge in [0, 0.05) is 6.61 Å². The van der Waals surface area contributed by atoms with Crippen LogP contribution in [0.15, 0.2) is 24.3 Å². The quantitative estimate of drug-likeness (QED) is 0.515. The van der Waals surface area contributed by atoms with Crippen LogP contribution >= 0.6 is 0 Å². The third kappa shape index (κ3) is 6.51. The number of unbranched alkanes of at least 4 members (excludes halogenated alkanes) is 6. The largest absolute Gasteiger partial charge is 0.370 e. The van der Waals surface area contributed by atoms with Gasteiger partial charge in [0.2, 0.25) is 0 Å². The summed E-state index contributed by atoms with van der Waals surface area (Å²) in [6, 6.07) is 0. The summed E-state index contributed by atoms with van der Waals surface area (Å²) in [4.78, 5) is 0. The fourth-order valence-corrected chi connectivity index (χ4v) is 1.80. The molecule has 0 amide bonds. The van der Waals surface area contributed by atoms with E-state index in [4.69, 9.17) is 4.74 Å². The van der Waals surface area contributed by atoms with Gasteiger partial charge in [-0.2, -0.15) is 0 Å². The topological polar surface area (TPSA) is 9.23 Å². The van der Waals surface area contributed by atoms with Crippen molar-refractivity contribution in [2.24, 2.45) is 0 Å². The Bertz CT molecular complexity index is 182. The fourth-order valence-electron chi connectivity index (χ4n) is 1.80. The number of rotatable bonds is 9. The number of hydrogen-bond acceptors (Lipinski definition) is 1. The molecule has 0 heterocycles. The van der Waals surface area contributed by atoms with Gasteiger partial charge in [0.25, 0.3) is 0 Å². The van der Waals surface area contributed by atoms with E-state index in [1.165, 1.54) is 44.9 Å². The van der Waals surface area contributed by atoms with Gasteiger partial charge in [0.05, 0.1) is 6.10 Å². The van der Waals surface area contributed by atoms with Gasteiger partial charge in [-0.05, 0) is 6.42 Å². The van der Waals surface area contributed by atoms with Crippen LogP contribution in [0.1, 0.15) is 51.9 Å². The lowest BCUT2D eigenvalue weighted by molar-refractivity contribution is 0.112. The second-order valence-electron chi connectivity index (χ2n) is 4.23. The standard InChI is InChI=1S/C14H24O/c1-2-3-4-5-6-7-10-13-15-14-11-8-9-12-14/h8-9,11-12,14H,2-7,10,13H2,1H3. The molecule has 0 radical (unpaired) electrons. The van der Waals surface area contributed by atoms with Crippen molar-refractivity contribution < 1.29 is 4.74 Å². The molecule has 86 valence electrons. The summed E-state index contributed by atoms with van der Waals surface area (Å²) in [5.74, 6) is 0. The van der Waals surface area contributed by atoms with Crippen LogP contribution in [0.4, 0.5) is 0 Å². The van der Waals surface area contributed by atoms with Gasteiger partial charge < -0.3 is 4.74 Å². The van der Waals surface area contributed by atoms with Gasteiger partial charge in [0.15, 0.2) is 0 Å². The Kier molecular flexibility index (Phi) is 7.28. The minimum atomic E-state index is 0.255. The zero-order chi connectivity index (χ0) is 10.8. The highest BCUT2D eigenvalue weighted by Gasteiger charge is 2.01. The van der Waals surface area contributed by atoms with E-state index in [9.17, 15) is 0 Å². The first-order valence-electron chi connectivity index (χ1n) is 6.40. The molecule has 1 heteroatoms. The molecule has 0 aromatic heterocycles. The molecule has 1 nitrogen and oxygen atoms in total. The second-order valence-corrected chi connectivity index (χ2v) is 4.23. The van der Waals surface area contributed by atoms with Crippen LogP contribution in [-0.4, -0.2) is 12.7 Å². The van der Waals surface area contributed by atoms with E-state index in [-0.39, 0.29) is 6.10 Å². The molecular weight excluding hydrogens is 184 g/mol. The highest BCUT2D eigenvalue weighted by Crippen LogP contribution is 2.09. The van der Waals surface area contributed by atoms with Gasteiger partial charge in [-0.3, -0.25) is 0 Å². The summed E-state index contributed by atoms with van der Waals surface area (Å²) in [6.07, 6.45) is 18.0. The maximum absolute atomic E-state index is 5.66. The molecule has 0 atom stereocenters. The molecule has 0 spiro atoms. The summed E-state index contributed by atoms with van der Waals surface area (Å²) in [5.41, 5.74) is 0. The van der Waals surface area contributed by atoms with Crippen molar-refractivity contribution in [3.63, 3.8) is 0 Å². The van der Waals surface area contributed by atoms with E-state index in [0.717, 1.165) is 6.61 Å². The molecule has 15 heavy (non-hydrogen) atoms. The summed E-state index contributed by atoms with van der Waals surface area (Å²) < 4.78 is 5.66. The van der Waals surface area contributed by atoms with E-state index < -0.39 is 0 Å². The van der Waals surface area contributed by atoms with Crippen molar-refractivity contribution in [2.75, 3.05) is 6.61 Å². The van der Waals surface area contributed by atoms with E-state index in [2.05, 4.69) is 31.2 Å². The van der Waals surface area contributed by atoms with Crippen molar-refractivity contribution in [3.05, 3.63) is 24.3 Å². The molecule has 1 aliphatic rings. The Labute approximate surface area is 94.2 Å². The Morgan fingerprint density at radius 3 is 2.13 bits per heavy atom. The first kappa shape index (κ1) is 12.5. The second kappa shape index (κ2) is 8.72. The lowest BCUT2D eigenvalue weighted by atomic mass is 10.1. The van der Waals surface area contributed by atoms with Crippen molar-refractivity contribution in [2.45, 2.75) is 58.0 Å². The van der Waals surface area contributed by atoms with Crippen LogP contribution in [0.5, 0.6) is 0 Å². The third-order valence-electron chi connectivity index (χ3n) is 2.77. The third-order valence-corrected chi connectivity index (χ3v) is 2.77. The molecule has 0 aromatic carbocycles. The lowest BCUT2D eigenvalue weighted by Crippen LogP contribution is -2.05. The number of allylic oxidation sites excluding steroid dienone is 2. The van der Waals surface area contributed by atoms with Crippen molar-refractivity contribution in [3.8, 4) is 0 Å². The molecule has 0 aromatic rings. The van der Waals surface area contributed by atoms with Gasteiger partial charge in [-0.1, -0.05) is 69.8 Å². The maximum atomic E-state index is 5.66. The highest BCUT2D eigenvalue weighted by molar-refractivity contribution is 5.18. The molecule has 0 unspecified atom stereocenters. The average Bonchev–Trinajstić information content (AvgIpc) is 2.75. The average molecular weight is 208 g/mol. The maximum Gasteiger partial charge on any atom is 0.0943 e. The van der Waals surface area contributed by atoms with Gasteiger partial charge >= 0.3 is 0 Å². The van der Waals surface area contributed by atoms with E-state index in [1.54, 1.807) is 0 Å². The summed E-state index contributed by atoms with van der Waals surface area (Å²) in [6.45, 7) is 3.17. The normalized spacial score (nSPS) is 15.3. The Morgan fingerprint density at radius 2 is 1.47 bits per heavy atom. The SMILES string of the molecule is CCCCCCCCCOC1C=CC=C1. The van der Waals surface area contributed by atoms with Crippen molar-refractivity contribution in [1.29, 1.82) is 0 Å². The molecule has 0 saturated heterocycles. The minimum absolute atomic E-state index is 0.255. The van der Waals surface area contributed by atoms with Crippen LogP contribution in [0.25, 0.3) is 0 Å². The summed E-state index contributed by atoms with van der Waals surface area (Å²) in [7, 11) is 0. The predicted octanol–water partition coefficient (Wildman–Crippen LogP) is 4.25. The van der Waals surface area contributed by atoms with Crippen LogP contribution in [0.3, 0.4) is 0 Å². The van der Waals surface area contributed by atoms with Gasteiger partial charge in [-0.25, -0.2) is 0 Å². The monoisotopic (exact) mass is 208 g/mol. The fraction of sp³-hybridized carbons (Fsp3) is 0.714. The zero-order valence-corrected chi connectivity index (χ0v) is 9.95. The highest BCUT2D eigenvalue weighted by atomic mass is 16.5. The summed E-state index contributed by atoms with van der Waals surface area (Å²) >= 11 is 0. The van der Waals surface area contributed by atoms with Crippen LogP contribution < -0.4 is 0 Å². The molecule has 0 saturated carbocycles. The molecule has 0 aliphatic heterocycles. The molecule has 1 aliphatic carbocycles. The van der Waals surface area contributed by atoms with Crippen LogP contribution in [0, 0.1) is 0 Å². The molecular formula is C14H24O. The number of ether oxygens (including phenoxy) is 1. The number of hydrogen-bond donors (Lipinski definition) is 0.